The van der Waals surface area contributed by atoms with Crippen molar-refractivity contribution >= 4 is 5.78 Å². The lowest BCUT2D eigenvalue weighted by atomic mass is 9.87. The molecule has 1 rings (SSSR count). The van der Waals surface area contributed by atoms with Crippen LogP contribution >= 0.6 is 0 Å². The first-order valence-electron chi connectivity index (χ1n) is 6.11. The molecule has 0 spiro atoms. The second-order valence-corrected chi connectivity index (χ2v) is 4.63. The van der Waals surface area contributed by atoms with E-state index in [9.17, 15) is 4.79 Å². The molecule has 1 atom stereocenters. The van der Waals surface area contributed by atoms with Crippen LogP contribution in [0, 0.1) is 13.8 Å². The Morgan fingerprint density at radius 3 is 2.56 bits per heavy atom. The van der Waals surface area contributed by atoms with Crippen molar-refractivity contribution in [3.63, 3.8) is 0 Å². The first-order chi connectivity index (χ1) is 7.56. The summed E-state index contributed by atoms with van der Waals surface area (Å²) in [7, 11) is 0. The largest absolute Gasteiger partial charge is 0.300 e. The maximum Gasteiger partial charge on any atom is 0.129 e. The summed E-state index contributed by atoms with van der Waals surface area (Å²) in [6.07, 6.45) is 2.79. The minimum Gasteiger partial charge on any atom is -0.300 e. The number of carbonyl (C=O) groups is 1. The van der Waals surface area contributed by atoms with Crippen LogP contribution in [0.1, 0.15) is 55.7 Å². The lowest BCUT2D eigenvalue weighted by molar-refractivity contribution is -0.117. The van der Waals surface area contributed by atoms with Crippen molar-refractivity contribution in [3.8, 4) is 0 Å². The van der Waals surface area contributed by atoms with Crippen molar-refractivity contribution in [1.29, 1.82) is 0 Å². The Hall–Kier alpha value is -1.11. The van der Waals surface area contributed by atoms with Gasteiger partial charge in [0.15, 0.2) is 0 Å². The molecule has 0 aromatic heterocycles. The number of hydrogen-bond acceptors (Lipinski definition) is 1. The minimum absolute atomic E-state index is 0.295. The van der Waals surface area contributed by atoms with Gasteiger partial charge in [0.1, 0.15) is 5.78 Å². The highest BCUT2D eigenvalue weighted by Gasteiger charge is 2.13. The molecule has 1 aromatic rings. The van der Waals surface area contributed by atoms with E-state index in [1.807, 2.05) is 0 Å². The normalized spacial score (nSPS) is 12.5. The predicted octanol–water partition coefficient (Wildman–Crippen LogP) is 4.17. The molecule has 0 aliphatic rings. The molecule has 1 nitrogen and oxygen atoms in total. The summed E-state index contributed by atoms with van der Waals surface area (Å²) in [5.74, 6) is 0.826. The maximum absolute atomic E-state index is 11.0. The van der Waals surface area contributed by atoms with Gasteiger partial charge in [0, 0.05) is 6.42 Å². The monoisotopic (exact) mass is 218 g/mol. The molecule has 0 amide bonds. The fourth-order valence-corrected chi connectivity index (χ4v) is 2.17. The molecule has 16 heavy (non-hydrogen) atoms. The number of carbonyl (C=O) groups excluding carboxylic acids is 1. The van der Waals surface area contributed by atoms with Crippen LogP contribution < -0.4 is 0 Å². The van der Waals surface area contributed by atoms with E-state index in [1.165, 1.54) is 16.7 Å². The minimum atomic E-state index is 0.295. The second-order valence-electron chi connectivity index (χ2n) is 4.63. The molecule has 1 aromatic carbocycles. The number of benzene rings is 1. The van der Waals surface area contributed by atoms with Crippen molar-refractivity contribution in [3.05, 3.63) is 34.9 Å². The van der Waals surface area contributed by atoms with Gasteiger partial charge in [-0.25, -0.2) is 0 Å². The first kappa shape index (κ1) is 13.0. The summed E-state index contributed by atoms with van der Waals surface area (Å²) >= 11 is 0. The Labute approximate surface area is 98.9 Å². The molecule has 0 aliphatic heterocycles. The van der Waals surface area contributed by atoms with E-state index in [-0.39, 0.29) is 0 Å². The summed E-state index contributed by atoms with van der Waals surface area (Å²) in [6, 6.07) is 6.47. The van der Waals surface area contributed by atoms with Crippen LogP contribution in [-0.2, 0) is 4.79 Å². The Kier molecular flexibility index (Phi) is 4.72. The third kappa shape index (κ3) is 3.19. The zero-order chi connectivity index (χ0) is 12.1. The number of ketones is 1. The van der Waals surface area contributed by atoms with E-state index >= 15 is 0 Å². The van der Waals surface area contributed by atoms with Gasteiger partial charge in [0.05, 0.1) is 0 Å². The number of Topliss-reactive ketones (excluding diaryl/α,β-unsaturated/α-hetero) is 1. The summed E-state index contributed by atoms with van der Waals surface area (Å²) in [5, 5.41) is 0. The molecule has 0 fully saturated rings. The smallest absolute Gasteiger partial charge is 0.129 e. The lowest BCUT2D eigenvalue weighted by Crippen LogP contribution is -2.03. The Morgan fingerprint density at radius 2 is 2.00 bits per heavy atom. The number of hydrogen-bond donors (Lipinski definition) is 0. The number of rotatable bonds is 5. The predicted molar refractivity (Wildman–Crippen MR) is 68.9 cm³/mol. The zero-order valence-electron chi connectivity index (χ0n) is 10.8. The van der Waals surface area contributed by atoms with E-state index in [4.69, 9.17) is 0 Å². The summed E-state index contributed by atoms with van der Waals surface area (Å²) in [4.78, 5) is 11.0. The standard InChI is InChI=1S/C15H22O/c1-5-14(10-9-12(3)16)15-8-6-7-11(2)13(15)4/h6-8,14H,5,9-10H2,1-4H3. The van der Waals surface area contributed by atoms with Crippen molar-refractivity contribution in [2.45, 2.75) is 52.9 Å². The van der Waals surface area contributed by atoms with Gasteiger partial charge in [-0.2, -0.15) is 0 Å². The SMILES string of the molecule is CCC(CCC(C)=O)c1cccc(C)c1C. The molecule has 0 saturated heterocycles. The van der Waals surface area contributed by atoms with Crippen LogP contribution in [0.3, 0.4) is 0 Å². The van der Waals surface area contributed by atoms with Gasteiger partial charge in [0.2, 0.25) is 0 Å². The lowest BCUT2D eigenvalue weighted by Gasteiger charge is -2.18. The number of aryl methyl sites for hydroxylation is 1. The first-order valence-corrected chi connectivity index (χ1v) is 6.11. The average Bonchev–Trinajstić information content (AvgIpc) is 2.24. The van der Waals surface area contributed by atoms with Gasteiger partial charge in [-0.15, -0.1) is 0 Å². The van der Waals surface area contributed by atoms with Crippen LogP contribution in [0.5, 0.6) is 0 Å². The highest BCUT2D eigenvalue weighted by atomic mass is 16.1. The van der Waals surface area contributed by atoms with Crippen molar-refractivity contribution in [1.82, 2.24) is 0 Å². The fraction of sp³-hybridized carbons (Fsp3) is 0.533. The molecule has 0 bridgehead atoms. The molecular formula is C15H22O. The van der Waals surface area contributed by atoms with Crippen molar-refractivity contribution < 1.29 is 4.79 Å². The van der Waals surface area contributed by atoms with Crippen LogP contribution in [0.2, 0.25) is 0 Å². The van der Waals surface area contributed by atoms with E-state index in [0.29, 0.717) is 18.1 Å². The molecule has 0 N–H and O–H groups in total. The van der Waals surface area contributed by atoms with Crippen LogP contribution in [0.4, 0.5) is 0 Å². The second kappa shape index (κ2) is 5.83. The van der Waals surface area contributed by atoms with Crippen LogP contribution in [0.25, 0.3) is 0 Å². The molecule has 0 radical (unpaired) electrons. The topological polar surface area (TPSA) is 17.1 Å². The third-order valence-electron chi connectivity index (χ3n) is 3.42. The zero-order valence-corrected chi connectivity index (χ0v) is 10.8. The Morgan fingerprint density at radius 1 is 1.31 bits per heavy atom. The van der Waals surface area contributed by atoms with Gasteiger partial charge < -0.3 is 4.79 Å². The van der Waals surface area contributed by atoms with E-state index in [1.54, 1.807) is 6.92 Å². The maximum atomic E-state index is 11.0. The summed E-state index contributed by atoms with van der Waals surface area (Å²) in [6.45, 7) is 8.21. The molecule has 1 unspecified atom stereocenters. The Balaban J connectivity index is 2.86. The third-order valence-corrected chi connectivity index (χ3v) is 3.42. The highest BCUT2D eigenvalue weighted by molar-refractivity contribution is 5.75. The van der Waals surface area contributed by atoms with Crippen molar-refractivity contribution in [2.24, 2.45) is 0 Å². The van der Waals surface area contributed by atoms with Gasteiger partial charge in [-0.05, 0) is 56.2 Å². The Bertz CT molecular complexity index is 366. The van der Waals surface area contributed by atoms with E-state index in [2.05, 4.69) is 39.0 Å². The van der Waals surface area contributed by atoms with E-state index in [0.717, 1.165) is 12.8 Å². The van der Waals surface area contributed by atoms with Gasteiger partial charge >= 0.3 is 0 Å². The fourth-order valence-electron chi connectivity index (χ4n) is 2.17. The molecule has 0 heterocycles. The average molecular weight is 218 g/mol. The van der Waals surface area contributed by atoms with Gasteiger partial charge in [-0.1, -0.05) is 25.1 Å². The summed E-state index contributed by atoms with van der Waals surface area (Å²) in [5.41, 5.74) is 4.15. The molecule has 1 heteroatoms. The summed E-state index contributed by atoms with van der Waals surface area (Å²) < 4.78 is 0. The van der Waals surface area contributed by atoms with Crippen LogP contribution in [-0.4, -0.2) is 5.78 Å². The molecule has 0 aliphatic carbocycles. The van der Waals surface area contributed by atoms with Crippen molar-refractivity contribution in [2.75, 3.05) is 0 Å². The van der Waals surface area contributed by atoms with Crippen LogP contribution in [0.15, 0.2) is 18.2 Å². The molecule has 88 valence electrons. The quantitative estimate of drug-likeness (QED) is 0.725. The van der Waals surface area contributed by atoms with Gasteiger partial charge in [0.25, 0.3) is 0 Å². The van der Waals surface area contributed by atoms with E-state index < -0.39 is 0 Å². The van der Waals surface area contributed by atoms with Gasteiger partial charge in [-0.3, -0.25) is 0 Å². The molecule has 0 saturated carbocycles. The molecular weight excluding hydrogens is 196 g/mol. The highest BCUT2D eigenvalue weighted by Crippen LogP contribution is 2.28.